The van der Waals surface area contributed by atoms with E-state index in [2.05, 4.69) is 13.5 Å². The van der Waals surface area contributed by atoms with Gasteiger partial charge in [-0.25, -0.2) is 0 Å². The molecular formula is C10H19N. The predicted molar refractivity (Wildman–Crippen MR) is 49.3 cm³/mol. The van der Waals surface area contributed by atoms with Crippen LogP contribution in [0.4, 0.5) is 0 Å². The van der Waals surface area contributed by atoms with Crippen molar-refractivity contribution in [2.24, 2.45) is 17.6 Å². The van der Waals surface area contributed by atoms with Crippen LogP contribution in [0.5, 0.6) is 0 Å². The SMILES string of the molecule is C=C(C)C1CCC(CN)CC1. The molecule has 1 aliphatic rings. The van der Waals surface area contributed by atoms with E-state index in [1.807, 2.05) is 0 Å². The molecule has 0 atom stereocenters. The van der Waals surface area contributed by atoms with Crippen LogP contribution in [0.15, 0.2) is 12.2 Å². The van der Waals surface area contributed by atoms with Crippen LogP contribution in [-0.4, -0.2) is 6.54 Å². The van der Waals surface area contributed by atoms with Crippen molar-refractivity contribution < 1.29 is 0 Å². The molecule has 0 amide bonds. The largest absolute Gasteiger partial charge is 0.330 e. The molecule has 0 radical (unpaired) electrons. The summed E-state index contributed by atoms with van der Waals surface area (Å²) in [7, 11) is 0. The van der Waals surface area contributed by atoms with Crippen molar-refractivity contribution in [3.63, 3.8) is 0 Å². The summed E-state index contributed by atoms with van der Waals surface area (Å²) >= 11 is 0. The molecule has 0 saturated heterocycles. The van der Waals surface area contributed by atoms with Gasteiger partial charge in [0.2, 0.25) is 0 Å². The lowest BCUT2D eigenvalue weighted by Crippen LogP contribution is -2.21. The summed E-state index contributed by atoms with van der Waals surface area (Å²) in [6.45, 7) is 7.02. The Balaban J connectivity index is 2.30. The Morgan fingerprint density at radius 1 is 1.36 bits per heavy atom. The van der Waals surface area contributed by atoms with Crippen molar-refractivity contribution in [3.8, 4) is 0 Å². The number of allylic oxidation sites excluding steroid dienone is 1. The van der Waals surface area contributed by atoms with Crippen LogP contribution in [0, 0.1) is 11.8 Å². The third-order valence-corrected chi connectivity index (χ3v) is 2.88. The second kappa shape index (κ2) is 3.91. The molecule has 1 rings (SSSR count). The van der Waals surface area contributed by atoms with Crippen molar-refractivity contribution in [3.05, 3.63) is 12.2 Å². The minimum absolute atomic E-state index is 0.790. The van der Waals surface area contributed by atoms with E-state index in [4.69, 9.17) is 5.73 Å². The van der Waals surface area contributed by atoms with Crippen LogP contribution in [0.2, 0.25) is 0 Å². The Labute approximate surface area is 69.7 Å². The smallest absolute Gasteiger partial charge is 0.00489 e. The van der Waals surface area contributed by atoms with Crippen LogP contribution in [0.1, 0.15) is 32.6 Å². The second-order valence-corrected chi connectivity index (χ2v) is 3.80. The Morgan fingerprint density at radius 3 is 2.27 bits per heavy atom. The van der Waals surface area contributed by atoms with Crippen molar-refractivity contribution in [2.75, 3.05) is 6.54 Å². The number of nitrogens with two attached hydrogens (primary N) is 1. The molecule has 1 saturated carbocycles. The van der Waals surface area contributed by atoms with Gasteiger partial charge in [0.25, 0.3) is 0 Å². The molecule has 64 valence electrons. The van der Waals surface area contributed by atoms with E-state index >= 15 is 0 Å². The minimum atomic E-state index is 0.790. The summed E-state index contributed by atoms with van der Waals surface area (Å²) in [4.78, 5) is 0. The zero-order chi connectivity index (χ0) is 8.27. The monoisotopic (exact) mass is 153 g/mol. The Kier molecular flexibility index (Phi) is 3.13. The Hall–Kier alpha value is -0.300. The molecule has 0 aromatic rings. The molecule has 0 aromatic heterocycles. The molecule has 2 N–H and O–H groups in total. The first kappa shape index (κ1) is 8.79. The van der Waals surface area contributed by atoms with Gasteiger partial charge < -0.3 is 5.73 Å². The fraction of sp³-hybridized carbons (Fsp3) is 0.800. The maximum atomic E-state index is 5.60. The van der Waals surface area contributed by atoms with Gasteiger partial charge in [-0.1, -0.05) is 12.2 Å². The minimum Gasteiger partial charge on any atom is -0.330 e. The zero-order valence-electron chi connectivity index (χ0n) is 7.47. The predicted octanol–water partition coefficient (Wildman–Crippen LogP) is 2.33. The summed E-state index contributed by atoms with van der Waals surface area (Å²) < 4.78 is 0. The maximum absolute atomic E-state index is 5.60. The summed E-state index contributed by atoms with van der Waals surface area (Å²) in [5.74, 6) is 1.59. The highest BCUT2D eigenvalue weighted by Gasteiger charge is 2.19. The van der Waals surface area contributed by atoms with E-state index in [1.165, 1.54) is 31.3 Å². The first-order valence-corrected chi connectivity index (χ1v) is 4.59. The summed E-state index contributed by atoms with van der Waals surface area (Å²) in [5.41, 5.74) is 6.96. The van der Waals surface area contributed by atoms with Gasteiger partial charge in [-0.15, -0.1) is 0 Å². The van der Waals surface area contributed by atoms with Crippen LogP contribution >= 0.6 is 0 Å². The first-order valence-electron chi connectivity index (χ1n) is 4.59. The summed E-state index contributed by atoms with van der Waals surface area (Å²) in [6, 6.07) is 0. The van der Waals surface area contributed by atoms with Gasteiger partial charge in [0.15, 0.2) is 0 Å². The Morgan fingerprint density at radius 2 is 1.91 bits per heavy atom. The molecule has 11 heavy (non-hydrogen) atoms. The molecule has 0 aromatic carbocycles. The van der Waals surface area contributed by atoms with Crippen LogP contribution < -0.4 is 5.73 Å². The lowest BCUT2D eigenvalue weighted by atomic mass is 9.79. The van der Waals surface area contributed by atoms with Gasteiger partial charge in [-0.3, -0.25) is 0 Å². The highest BCUT2D eigenvalue weighted by molar-refractivity contribution is 4.97. The van der Waals surface area contributed by atoms with Gasteiger partial charge in [0.1, 0.15) is 0 Å². The van der Waals surface area contributed by atoms with Gasteiger partial charge >= 0.3 is 0 Å². The lowest BCUT2D eigenvalue weighted by Gasteiger charge is -2.27. The molecule has 1 aliphatic carbocycles. The fourth-order valence-electron chi connectivity index (χ4n) is 1.89. The molecule has 0 unspecified atom stereocenters. The summed E-state index contributed by atoms with van der Waals surface area (Å²) in [5, 5.41) is 0. The number of rotatable bonds is 2. The standard InChI is InChI=1S/C10H19N/c1-8(2)10-5-3-9(7-11)4-6-10/h9-10H,1,3-7,11H2,2H3. The quantitative estimate of drug-likeness (QED) is 0.605. The van der Waals surface area contributed by atoms with Gasteiger partial charge in [-0.2, -0.15) is 0 Å². The number of hydrogen-bond donors (Lipinski definition) is 1. The molecule has 1 heteroatoms. The lowest BCUT2D eigenvalue weighted by molar-refractivity contribution is 0.308. The van der Waals surface area contributed by atoms with Crippen LogP contribution in [0.25, 0.3) is 0 Å². The van der Waals surface area contributed by atoms with E-state index < -0.39 is 0 Å². The van der Waals surface area contributed by atoms with Gasteiger partial charge in [0, 0.05) is 0 Å². The Bertz CT molecular complexity index is 132. The van der Waals surface area contributed by atoms with Gasteiger partial charge in [-0.05, 0) is 51.0 Å². The van der Waals surface area contributed by atoms with Gasteiger partial charge in [0.05, 0.1) is 0 Å². The highest BCUT2D eigenvalue weighted by atomic mass is 14.5. The van der Waals surface area contributed by atoms with Crippen LogP contribution in [-0.2, 0) is 0 Å². The van der Waals surface area contributed by atoms with E-state index in [0.717, 1.165) is 18.4 Å². The van der Waals surface area contributed by atoms with E-state index in [1.54, 1.807) is 0 Å². The molecular weight excluding hydrogens is 134 g/mol. The average Bonchev–Trinajstić information content (AvgIpc) is 2.05. The summed E-state index contributed by atoms with van der Waals surface area (Å²) in [6.07, 6.45) is 5.26. The average molecular weight is 153 g/mol. The fourth-order valence-corrected chi connectivity index (χ4v) is 1.89. The number of hydrogen-bond acceptors (Lipinski definition) is 1. The van der Waals surface area contributed by atoms with Crippen molar-refractivity contribution in [1.82, 2.24) is 0 Å². The zero-order valence-corrected chi connectivity index (χ0v) is 7.47. The van der Waals surface area contributed by atoms with E-state index in [9.17, 15) is 0 Å². The third-order valence-electron chi connectivity index (χ3n) is 2.88. The maximum Gasteiger partial charge on any atom is -0.00489 e. The van der Waals surface area contributed by atoms with E-state index in [-0.39, 0.29) is 0 Å². The van der Waals surface area contributed by atoms with Crippen LogP contribution in [0.3, 0.4) is 0 Å². The third kappa shape index (κ3) is 2.33. The van der Waals surface area contributed by atoms with Crippen molar-refractivity contribution in [2.45, 2.75) is 32.6 Å². The molecule has 1 fully saturated rings. The molecule has 1 nitrogen and oxygen atoms in total. The van der Waals surface area contributed by atoms with E-state index in [0.29, 0.717) is 0 Å². The first-order chi connectivity index (χ1) is 5.24. The molecule has 0 bridgehead atoms. The molecule has 0 aliphatic heterocycles. The van der Waals surface area contributed by atoms with Crippen molar-refractivity contribution >= 4 is 0 Å². The molecule has 0 heterocycles. The topological polar surface area (TPSA) is 26.0 Å². The van der Waals surface area contributed by atoms with Crippen molar-refractivity contribution in [1.29, 1.82) is 0 Å². The normalized spacial score (nSPS) is 31.8. The highest BCUT2D eigenvalue weighted by Crippen LogP contribution is 2.31. The second-order valence-electron chi connectivity index (χ2n) is 3.80. The molecule has 0 spiro atoms.